The third-order valence-electron chi connectivity index (χ3n) is 5.12. The number of ether oxygens (including phenoxy) is 1. The molecule has 0 aliphatic heterocycles. The minimum atomic E-state index is -0.129. The predicted molar refractivity (Wildman–Crippen MR) is 109 cm³/mol. The van der Waals surface area contributed by atoms with Crippen molar-refractivity contribution in [3.8, 4) is 5.75 Å². The fraction of sp³-hybridized carbons (Fsp3) is 0.435. The fourth-order valence-electron chi connectivity index (χ4n) is 3.45. The number of carbonyl (C=O) groups is 1. The summed E-state index contributed by atoms with van der Waals surface area (Å²) in [6.07, 6.45) is 5.67. The normalized spacial score (nSPS) is 14.1. The lowest BCUT2D eigenvalue weighted by Crippen LogP contribution is -2.37. The van der Waals surface area contributed by atoms with E-state index in [1.54, 1.807) is 0 Å². The van der Waals surface area contributed by atoms with Gasteiger partial charge in [-0.15, -0.1) is 0 Å². The summed E-state index contributed by atoms with van der Waals surface area (Å²) in [5.74, 6) is 0.867. The molecule has 0 bridgehead atoms. The van der Waals surface area contributed by atoms with E-state index in [0.29, 0.717) is 13.2 Å². The first-order chi connectivity index (χ1) is 13.1. The minimum absolute atomic E-state index is 0.000958. The Labute approximate surface area is 162 Å². The molecule has 2 N–H and O–H groups in total. The first-order valence-corrected chi connectivity index (χ1v) is 9.97. The summed E-state index contributed by atoms with van der Waals surface area (Å²) in [5.41, 5.74) is 5.30. The average molecular weight is 367 g/mol. The third-order valence-corrected chi connectivity index (χ3v) is 5.12. The molecular weight excluding hydrogens is 336 g/mol. The standard InChI is InChI=1S/C23H30N2O2/c1-17-8-12-22(13-9-17)27-15-5-14-24-23(26)25-18(2)20-11-10-19-6-3-4-7-21(19)16-20/h8-13,16,18H,3-7,14-15H2,1-2H3,(H2,24,25,26). The zero-order chi connectivity index (χ0) is 19.1. The molecule has 2 amide bonds. The van der Waals surface area contributed by atoms with Crippen LogP contribution >= 0.6 is 0 Å². The number of rotatable bonds is 7. The summed E-state index contributed by atoms with van der Waals surface area (Å²) in [5, 5.41) is 5.94. The average Bonchev–Trinajstić information content (AvgIpc) is 2.68. The van der Waals surface area contributed by atoms with Crippen molar-refractivity contribution in [1.29, 1.82) is 0 Å². The molecule has 1 unspecified atom stereocenters. The monoisotopic (exact) mass is 366 g/mol. The molecule has 2 aromatic rings. The van der Waals surface area contributed by atoms with E-state index in [1.807, 2.05) is 31.2 Å². The van der Waals surface area contributed by atoms with Gasteiger partial charge in [0, 0.05) is 6.54 Å². The molecule has 27 heavy (non-hydrogen) atoms. The molecule has 1 aliphatic rings. The van der Waals surface area contributed by atoms with Crippen LogP contribution in [0.25, 0.3) is 0 Å². The molecular formula is C23H30N2O2. The maximum absolute atomic E-state index is 12.1. The van der Waals surface area contributed by atoms with Crippen LogP contribution in [-0.2, 0) is 12.8 Å². The zero-order valence-electron chi connectivity index (χ0n) is 16.4. The van der Waals surface area contributed by atoms with Crippen molar-refractivity contribution in [1.82, 2.24) is 10.6 Å². The molecule has 0 heterocycles. The molecule has 4 nitrogen and oxygen atoms in total. The van der Waals surface area contributed by atoms with Gasteiger partial charge in [-0.1, -0.05) is 35.9 Å². The summed E-state index contributed by atoms with van der Waals surface area (Å²) < 4.78 is 5.67. The van der Waals surface area contributed by atoms with Crippen LogP contribution < -0.4 is 15.4 Å². The quantitative estimate of drug-likeness (QED) is 0.698. The highest BCUT2D eigenvalue weighted by Crippen LogP contribution is 2.24. The molecule has 0 saturated heterocycles. The lowest BCUT2D eigenvalue weighted by Gasteiger charge is -2.20. The Bertz CT molecular complexity index is 755. The second kappa shape index (κ2) is 9.45. The number of fused-ring (bicyclic) bond motifs is 1. The van der Waals surface area contributed by atoms with Crippen molar-refractivity contribution in [3.63, 3.8) is 0 Å². The van der Waals surface area contributed by atoms with Crippen molar-refractivity contribution in [2.75, 3.05) is 13.2 Å². The fourth-order valence-corrected chi connectivity index (χ4v) is 3.45. The maximum Gasteiger partial charge on any atom is 0.315 e. The van der Waals surface area contributed by atoms with Crippen LogP contribution in [0.4, 0.5) is 4.79 Å². The molecule has 3 rings (SSSR count). The van der Waals surface area contributed by atoms with E-state index in [4.69, 9.17) is 4.74 Å². The molecule has 0 fully saturated rings. The Hall–Kier alpha value is -2.49. The van der Waals surface area contributed by atoms with Crippen LogP contribution in [0.3, 0.4) is 0 Å². The van der Waals surface area contributed by atoms with E-state index in [-0.39, 0.29) is 12.1 Å². The predicted octanol–water partition coefficient (Wildman–Crippen LogP) is 4.70. The van der Waals surface area contributed by atoms with E-state index in [9.17, 15) is 4.79 Å². The minimum Gasteiger partial charge on any atom is -0.494 e. The van der Waals surface area contributed by atoms with Crippen LogP contribution in [0, 0.1) is 6.92 Å². The number of hydrogen-bond donors (Lipinski definition) is 2. The number of carbonyl (C=O) groups excluding carboxylic acids is 1. The van der Waals surface area contributed by atoms with Crippen molar-refractivity contribution < 1.29 is 9.53 Å². The summed E-state index contributed by atoms with van der Waals surface area (Å²) in [6, 6.07) is 14.5. The van der Waals surface area contributed by atoms with Crippen molar-refractivity contribution in [2.24, 2.45) is 0 Å². The molecule has 0 saturated carbocycles. The summed E-state index contributed by atoms with van der Waals surface area (Å²) in [4.78, 5) is 12.1. The van der Waals surface area contributed by atoms with Crippen molar-refractivity contribution in [3.05, 3.63) is 64.7 Å². The van der Waals surface area contributed by atoms with Crippen LogP contribution in [0.2, 0.25) is 0 Å². The number of nitrogens with one attached hydrogen (secondary N) is 2. The highest BCUT2D eigenvalue weighted by atomic mass is 16.5. The molecule has 4 heteroatoms. The van der Waals surface area contributed by atoms with Crippen LogP contribution in [0.15, 0.2) is 42.5 Å². The number of aryl methyl sites for hydroxylation is 3. The summed E-state index contributed by atoms with van der Waals surface area (Å²) in [6.45, 7) is 5.26. The molecule has 1 atom stereocenters. The largest absolute Gasteiger partial charge is 0.494 e. The Morgan fingerprint density at radius 2 is 1.81 bits per heavy atom. The van der Waals surface area contributed by atoms with E-state index in [0.717, 1.165) is 18.6 Å². The lowest BCUT2D eigenvalue weighted by atomic mass is 9.89. The second-order valence-electron chi connectivity index (χ2n) is 7.37. The van der Waals surface area contributed by atoms with E-state index < -0.39 is 0 Å². The number of urea groups is 1. The molecule has 2 aromatic carbocycles. The van der Waals surface area contributed by atoms with E-state index in [2.05, 4.69) is 35.8 Å². The Balaban J connectivity index is 1.36. The van der Waals surface area contributed by atoms with Crippen LogP contribution in [0.1, 0.15) is 54.5 Å². The second-order valence-corrected chi connectivity index (χ2v) is 7.37. The van der Waals surface area contributed by atoms with Gasteiger partial charge in [-0.2, -0.15) is 0 Å². The van der Waals surface area contributed by atoms with E-state index in [1.165, 1.54) is 41.5 Å². The topological polar surface area (TPSA) is 50.4 Å². The van der Waals surface area contributed by atoms with Gasteiger partial charge in [0.1, 0.15) is 5.75 Å². The zero-order valence-corrected chi connectivity index (χ0v) is 16.4. The molecule has 0 radical (unpaired) electrons. The molecule has 1 aliphatic carbocycles. The van der Waals surface area contributed by atoms with Crippen molar-refractivity contribution >= 4 is 6.03 Å². The Morgan fingerprint density at radius 3 is 2.59 bits per heavy atom. The highest BCUT2D eigenvalue weighted by Gasteiger charge is 2.13. The highest BCUT2D eigenvalue weighted by molar-refractivity contribution is 5.74. The Kier molecular flexibility index (Phi) is 6.74. The smallest absolute Gasteiger partial charge is 0.315 e. The molecule has 144 valence electrons. The van der Waals surface area contributed by atoms with Gasteiger partial charge in [-0.05, 0) is 74.8 Å². The van der Waals surface area contributed by atoms with Gasteiger partial charge in [-0.25, -0.2) is 4.79 Å². The van der Waals surface area contributed by atoms with Gasteiger partial charge >= 0.3 is 6.03 Å². The lowest BCUT2D eigenvalue weighted by molar-refractivity contribution is 0.236. The van der Waals surface area contributed by atoms with Gasteiger partial charge in [0.05, 0.1) is 12.6 Å². The van der Waals surface area contributed by atoms with Crippen molar-refractivity contribution in [2.45, 2.75) is 52.0 Å². The number of amides is 2. The van der Waals surface area contributed by atoms with Gasteiger partial charge < -0.3 is 15.4 Å². The van der Waals surface area contributed by atoms with E-state index >= 15 is 0 Å². The SMILES string of the molecule is Cc1ccc(OCCCNC(=O)NC(C)c2ccc3c(c2)CCCC3)cc1. The van der Waals surface area contributed by atoms with Crippen LogP contribution in [0.5, 0.6) is 5.75 Å². The number of hydrogen-bond acceptors (Lipinski definition) is 2. The first kappa shape index (κ1) is 19.3. The van der Waals surface area contributed by atoms with Gasteiger partial charge in [0.15, 0.2) is 0 Å². The van der Waals surface area contributed by atoms with Gasteiger partial charge in [0.2, 0.25) is 0 Å². The maximum atomic E-state index is 12.1. The first-order valence-electron chi connectivity index (χ1n) is 9.97. The molecule has 0 spiro atoms. The van der Waals surface area contributed by atoms with Gasteiger partial charge in [0.25, 0.3) is 0 Å². The van der Waals surface area contributed by atoms with Crippen LogP contribution in [-0.4, -0.2) is 19.2 Å². The molecule has 0 aromatic heterocycles. The Morgan fingerprint density at radius 1 is 1.07 bits per heavy atom. The number of benzene rings is 2. The summed E-state index contributed by atoms with van der Waals surface area (Å²) in [7, 11) is 0. The van der Waals surface area contributed by atoms with Gasteiger partial charge in [-0.3, -0.25) is 0 Å². The summed E-state index contributed by atoms with van der Waals surface area (Å²) >= 11 is 0. The third kappa shape index (κ3) is 5.75.